The third kappa shape index (κ3) is 3.69. The van der Waals surface area contributed by atoms with Crippen LogP contribution in [0.4, 0.5) is 5.95 Å². The number of hydrogen-bond donors (Lipinski definition) is 1. The first kappa shape index (κ1) is 17.5. The SMILES string of the molecule is COc1cc(OC)cc(C2(O)CCN(c3nc(C)cc(C)n3)CC2)c1. The Labute approximate surface area is 148 Å². The fourth-order valence-corrected chi connectivity index (χ4v) is 3.29. The number of ether oxygens (including phenoxy) is 2. The van der Waals surface area contributed by atoms with E-state index < -0.39 is 5.60 Å². The second-order valence-corrected chi connectivity index (χ2v) is 6.57. The van der Waals surface area contributed by atoms with Gasteiger partial charge in [-0.25, -0.2) is 9.97 Å². The highest BCUT2D eigenvalue weighted by atomic mass is 16.5. The van der Waals surface area contributed by atoms with Gasteiger partial charge in [-0.05, 0) is 50.5 Å². The van der Waals surface area contributed by atoms with Crippen LogP contribution >= 0.6 is 0 Å². The molecule has 3 rings (SSSR count). The van der Waals surface area contributed by atoms with E-state index in [1.54, 1.807) is 14.2 Å². The third-order valence-electron chi connectivity index (χ3n) is 4.73. The molecule has 1 aliphatic rings. The summed E-state index contributed by atoms with van der Waals surface area (Å²) in [5, 5.41) is 11.2. The van der Waals surface area contributed by atoms with E-state index in [9.17, 15) is 5.11 Å². The van der Waals surface area contributed by atoms with E-state index >= 15 is 0 Å². The zero-order valence-electron chi connectivity index (χ0n) is 15.2. The number of piperidine rings is 1. The maximum Gasteiger partial charge on any atom is 0.225 e. The van der Waals surface area contributed by atoms with Crippen molar-refractivity contribution >= 4 is 5.95 Å². The topological polar surface area (TPSA) is 67.7 Å². The van der Waals surface area contributed by atoms with Gasteiger partial charge in [0.2, 0.25) is 5.95 Å². The predicted molar refractivity (Wildman–Crippen MR) is 96.4 cm³/mol. The summed E-state index contributed by atoms with van der Waals surface area (Å²) >= 11 is 0. The van der Waals surface area contributed by atoms with Crippen LogP contribution in [0.5, 0.6) is 11.5 Å². The lowest BCUT2D eigenvalue weighted by Crippen LogP contribution is -2.43. The molecule has 1 fully saturated rings. The summed E-state index contributed by atoms with van der Waals surface area (Å²) in [6.07, 6.45) is 1.19. The van der Waals surface area contributed by atoms with Gasteiger partial charge in [0, 0.05) is 30.5 Å². The molecular formula is C19H25N3O3. The molecule has 134 valence electrons. The number of rotatable bonds is 4. The highest BCUT2D eigenvalue weighted by Gasteiger charge is 2.35. The number of aryl methyl sites for hydroxylation is 2. The first-order valence-electron chi connectivity index (χ1n) is 8.47. The van der Waals surface area contributed by atoms with Crippen molar-refractivity contribution in [3.8, 4) is 11.5 Å². The summed E-state index contributed by atoms with van der Waals surface area (Å²) < 4.78 is 10.7. The van der Waals surface area contributed by atoms with E-state index in [0.29, 0.717) is 37.4 Å². The van der Waals surface area contributed by atoms with Crippen molar-refractivity contribution in [1.82, 2.24) is 9.97 Å². The van der Waals surface area contributed by atoms with Crippen LogP contribution in [0.25, 0.3) is 0 Å². The lowest BCUT2D eigenvalue weighted by atomic mass is 9.84. The molecule has 0 saturated carbocycles. The number of aliphatic hydroxyl groups is 1. The minimum atomic E-state index is -0.906. The number of benzene rings is 1. The highest BCUT2D eigenvalue weighted by molar-refractivity contribution is 5.42. The average molecular weight is 343 g/mol. The van der Waals surface area contributed by atoms with Crippen molar-refractivity contribution in [2.24, 2.45) is 0 Å². The molecule has 1 saturated heterocycles. The largest absolute Gasteiger partial charge is 0.497 e. The molecule has 0 spiro atoms. The molecule has 25 heavy (non-hydrogen) atoms. The molecule has 0 amide bonds. The van der Waals surface area contributed by atoms with Crippen molar-refractivity contribution in [2.75, 3.05) is 32.2 Å². The molecule has 1 aromatic carbocycles. The van der Waals surface area contributed by atoms with Gasteiger partial charge in [-0.3, -0.25) is 0 Å². The normalized spacial score (nSPS) is 16.6. The Morgan fingerprint density at radius 2 is 1.44 bits per heavy atom. The molecule has 1 aliphatic heterocycles. The molecule has 0 atom stereocenters. The Bertz CT molecular complexity index is 713. The average Bonchev–Trinajstić information content (AvgIpc) is 2.61. The first-order valence-corrected chi connectivity index (χ1v) is 8.47. The Hall–Kier alpha value is -2.34. The molecule has 6 heteroatoms. The van der Waals surface area contributed by atoms with Crippen LogP contribution in [0, 0.1) is 13.8 Å². The van der Waals surface area contributed by atoms with Gasteiger partial charge in [-0.2, -0.15) is 0 Å². The molecule has 0 bridgehead atoms. The second-order valence-electron chi connectivity index (χ2n) is 6.57. The predicted octanol–water partition coefficient (Wildman–Crippen LogP) is 2.60. The minimum Gasteiger partial charge on any atom is -0.497 e. The van der Waals surface area contributed by atoms with Gasteiger partial charge in [0.15, 0.2) is 0 Å². The van der Waals surface area contributed by atoms with Crippen LogP contribution in [0.15, 0.2) is 24.3 Å². The van der Waals surface area contributed by atoms with Crippen LogP contribution in [0.2, 0.25) is 0 Å². The van der Waals surface area contributed by atoms with Crippen molar-refractivity contribution in [3.05, 3.63) is 41.2 Å². The summed E-state index contributed by atoms with van der Waals surface area (Å²) in [6.45, 7) is 5.33. The summed E-state index contributed by atoms with van der Waals surface area (Å²) in [5.74, 6) is 2.11. The van der Waals surface area contributed by atoms with E-state index in [1.165, 1.54) is 0 Å². The van der Waals surface area contributed by atoms with Gasteiger partial charge in [0.1, 0.15) is 11.5 Å². The van der Waals surface area contributed by atoms with E-state index in [4.69, 9.17) is 9.47 Å². The fourth-order valence-electron chi connectivity index (χ4n) is 3.29. The molecule has 0 unspecified atom stereocenters. The van der Waals surface area contributed by atoms with Gasteiger partial charge >= 0.3 is 0 Å². The maximum atomic E-state index is 11.2. The Morgan fingerprint density at radius 3 is 1.92 bits per heavy atom. The smallest absolute Gasteiger partial charge is 0.225 e. The molecular weight excluding hydrogens is 318 g/mol. The monoisotopic (exact) mass is 343 g/mol. The van der Waals surface area contributed by atoms with Gasteiger partial charge in [-0.15, -0.1) is 0 Å². The lowest BCUT2D eigenvalue weighted by Gasteiger charge is -2.38. The minimum absolute atomic E-state index is 0.597. The number of aromatic nitrogens is 2. The number of hydrogen-bond acceptors (Lipinski definition) is 6. The fraction of sp³-hybridized carbons (Fsp3) is 0.474. The zero-order valence-corrected chi connectivity index (χ0v) is 15.2. The van der Waals surface area contributed by atoms with Crippen LogP contribution < -0.4 is 14.4 Å². The third-order valence-corrected chi connectivity index (χ3v) is 4.73. The molecule has 2 aromatic rings. The van der Waals surface area contributed by atoms with Gasteiger partial charge in [0.05, 0.1) is 19.8 Å². The van der Waals surface area contributed by atoms with Crippen molar-refractivity contribution in [1.29, 1.82) is 0 Å². The molecule has 1 aromatic heterocycles. The first-order chi connectivity index (χ1) is 11.9. The van der Waals surface area contributed by atoms with Crippen LogP contribution in [0.3, 0.4) is 0 Å². The van der Waals surface area contributed by atoms with E-state index in [-0.39, 0.29) is 0 Å². The number of methoxy groups -OCH3 is 2. The molecule has 0 radical (unpaired) electrons. The van der Waals surface area contributed by atoms with Gasteiger partial charge in [0.25, 0.3) is 0 Å². The quantitative estimate of drug-likeness (QED) is 0.920. The summed E-state index contributed by atoms with van der Waals surface area (Å²) in [6, 6.07) is 7.54. The molecule has 6 nitrogen and oxygen atoms in total. The van der Waals surface area contributed by atoms with E-state index in [2.05, 4.69) is 14.9 Å². The summed E-state index contributed by atoms with van der Waals surface area (Å²) in [7, 11) is 3.23. The number of nitrogens with zero attached hydrogens (tertiary/aromatic N) is 3. The van der Waals surface area contributed by atoms with Gasteiger partial charge in [-0.1, -0.05) is 0 Å². The maximum absolute atomic E-state index is 11.2. The molecule has 2 heterocycles. The second kappa shape index (κ2) is 6.88. The van der Waals surface area contributed by atoms with Gasteiger partial charge < -0.3 is 19.5 Å². The lowest BCUT2D eigenvalue weighted by molar-refractivity contribution is 0.0111. The van der Waals surface area contributed by atoms with E-state index in [1.807, 2.05) is 38.1 Å². The summed E-state index contributed by atoms with van der Waals surface area (Å²) in [4.78, 5) is 11.2. The zero-order chi connectivity index (χ0) is 18.0. The van der Waals surface area contributed by atoms with Crippen molar-refractivity contribution in [3.63, 3.8) is 0 Å². The Kier molecular flexibility index (Phi) is 4.81. The van der Waals surface area contributed by atoms with Crippen molar-refractivity contribution in [2.45, 2.75) is 32.3 Å². The summed E-state index contributed by atoms with van der Waals surface area (Å²) in [5.41, 5.74) is 1.84. The van der Waals surface area contributed by atoms with Crippen LogP contribution in [-0.4, -0.2) is 42.4 Å². The molecule has 0 aliphatic carbocycles. The van der Waals surface area contributed by atoms with Crippen LogP contribution in [0.1, 0.15) is 29.8 Å². The Morgan fingerprint density at radius 1 is 0.920 bits per heavy atom. The number of anilines is 1. The van der Waals surface area contributed by atoms with Crippen molar-refractivity contribution < 1.29 is 14.6 Å². The Balaban J connectivity index is 1.80. The molecule has 1 N–H and O–H groups in total. The highest BCUT2D eigenvalue weighted by Crippen LogP contribution is 2.37. The standard InChI is InChI=1S/C19H25N3O3/c1-13-9-14(2)21-18(20-13)22-7-5-19(23,6-8-22)15-10-16(24-3)12-17(11-15)25-4/h9-12,23H,5-8H2,1-4H3. The van der Waals surface area contributed by atoms with Crippen LogP contribution in [-0.2, 0) is 5.60 Å². The van der Waals surface area contributed by atoms with E-state index in [0.717, 1.165) is 22.9 Å².